The van der Waals surface area contributed by atoms with Crippen LogP contribution in [0.15, 0.2) is 60.9 Å². The van der Waals surface area contributed by atoms with Gasteiger partial charge in [-0.25, -0.2) is 14.6 Å². The van der Waals surface area contributed by atoms with Crippen LogP contribution in [-0.2, 0) is 0 Å². The maximum absolute atomic E-state index is 6.22. The van der Waals surface area contributed by atoms with Gasteiger partial charge in [-0.3, -0.25) is 0 Å². The minimum absolute atomic E-state index is 0. The number of nitrogens with one attached hydrogen (secondary N) is 1. The number of fused-ring (bicyclic) bond motifs is 1. The van der Waals surface area contributed by atoms with Crippen LogP contribution >= 0.6 is 0 Å². The molecule has 1 saturated heterocycles. The minimum Gasteiger partial charge on any atom is -0.457 e. The second-order valence-corrected chi connectivity index (χ2v) is 7.19. The van der Waals surface area contributed by atoms with Crippen LogP contribution in [0.25, 0.3) is 22.3 Å². The van der Waals surface area contributed by atoms with Crippen molar-refractivity contribution in [2.75, 3.05) is 18.8 Å². The van der Waals surface area contributed by atoms with Gasteiger partial charge in [0.2, 0.25) is 0 Å². The van der Waals surface area contributed by atoms with Gasteiger partial charge < -0.3 is 15.8 Å². The van der Waals surface area contributed by atoms with Crippen LogP contribution in [0, 0.1) is 0 Å². The topological polar surface area (TPSA) is 90.9 Å². The number of piperidine rings is 1. The Morgan fingerprint density at radius 1 is 1.00 bits per heavy atom. The molecule has 0 radical (unpaired) electrons. The van der Waals surface area contributed by atoms with Crippen LogP contribution in [0.3, 0.4) is 0 Å². The van der Waals surface area contributed by atoms with Crippen LogP contribution in [-0.4, -0.2) is 32.8 Å². The number of hydrogen-bond acceptors (Lipinski definition) is 6. The summed E-state index contributed by atoms with van der Waals surface area (Å²) in [6.07, 6.45) is 3.69. The van der Waals surface area contributed by atoms with Crippen molar-refractivity contribution in [1.29, 1.82) is 0 Å². The molecular formula is C23H26N6O. The quantitative estimate of drug-likeness (QED) is 0.525. The predicted molar refractivity (Wildman–Crippen MR) is 120 cm³/mol. The summed E-state index contributed by atoms with van der Waals surface area (Å²) in [4.78, 5) is 8.69. The molecule has 1 aliphatic rings. The number of ether oxygens (including phenoxy) is 1. The van der Waals surface area contributed by atoms with E-state index in [-0.39, 0.29) is 13.5 Å². The highest BCUT2D eigenvalue weighted by atomic mass is 16.5. The molecule has 0 bridgehead atoms. The number of nitrogens with zero attached hydrogens (tertiary/aromatic N) is 4. The van der Waals surface area contributed by atoms with E-state index >= 15 is 0 Å². The lowest BCUT2D eigenvalue weighted by Gasteiger charge is -2.23. The monoisotopic (exact) mass is 402 g/mol. The van der Waals surface area contributed by atoms with Gasteiger partial charge in [0.25, 0.3) is 0 Å². The molecule has 4 aromatic rings. The second-order valence-electron chi connectivity index (χ2n) is 7.19. The van der Waals surface area contributed by atoms with E-state index in [1.54, 1.807) is 0 Å². The van der Waals surface area contributed by atoms with Gasteiger partial charge in [0.05, 0.1) is 11.4 Å². The Morgan fingerprint density at radius 3 is 2.50 bits per heavy atom. The summed E-state index contributed by atoms with van der Waals surface area (Å²) in [5.74, 6) is 2.02. The summed E-state index contributed by atoms with van der Waals surface area (Å²) in [7, 11) is 0. The summed E-state index contributed by atoms with van der Waals surface area (Å²) in [6.45, 7) is 1.92. The summed E-state index contributed by atoms with van der Waals surface area (Å²) in [5, 5.41) is 9.15. The maximum Gasteiger partial charge on any atom is 0.164 e. The molecule has 2 aromatic carbocycles. The van der Waals surface area contributed by atoms with Crippen molar-refractivity contribution in [3.63, 3.8) is 0 Å². The Bertz CT molecular complexity index is 1120. The smallest absolute Gasteiger partial charge is 0.164 e. The minimum atomic E-state index is 0. The third-order valence-electron chi connectivity index (χ3n) is 5.24. The molecule has 154 valence electrons. The van der Waals surface area contributed by atoms with E-state index in [1.165, 1.54) is 6.33 Å². The van der Waals surface area contributed by atoms with E-state index in [1.807, 2.05) is 59.3 Å². The molecule has 1 aliphatic heterocycles. The second kappa shape index (κ2) is 8.51. The average molecular weight is 403 g/mol. The van der Waals surface area contributed by atoms with Crippen LogP contribution < -0.4 is 15.8 Å². The first-order chi connectivity index (χ1) is 14.3. The van der Waals surface area contributed by atoms with Crippen LogP contribution in [0.4, 0.5) is 5.82 Å². The SMILES string of the molecule is C.Nc1ncnc2c1c(-c1ccc(Oc3ccccc3)cc1)nn2[C@@H]1CCCNC1. The zero-order valence-electron chi connectivity index (χ0n) is 16.0. The highest BCUT2D eigenvalue weighted by Crippen LogP contribution is 2.34. The fraction of sp³-hybridized carbons (Fsp3) is 0.261. The molecule has 0 unspecified atom stereocenters. The lowest BCUT2D eigenvalue weighted by atomic mass is 10.1. The molecule has 3 heterocycles. The molecule has 1 atom stereocenters. The molecule has 0 amide bonds. The first-order valence-electron chi connectivity index (χ1n) is 9.82. The van der Waals surface area contributed by atoms with Crippen molar-refractivity contribution in [2.24, 2.45) is 0 Å². The number of para-hydroxylation sites is 1. The molecule has 0 aliphatic carbocycles. The Balaban J connectivity index is 0.00000218. The van der Waals surface area contributed by atoms with Gasteiger partial charge in [0.1, 0.15) is 29.3 Å². The normalized spacial score (nSPS) is 16.2. The largest absolute Gasteiger partial charge is 0.457 e. The molecule has 3 N–H and O–H groups in total. The highest BCUT2D eigenvalue weighted by molar-refractivity contribution is 5.98. The molecule has 5 rings (SSSR count). The Morgan fingerprint density at radius 2 is 1.77 bits per heavy atom. The Hall–Kier alpha value is -3.45. The molecule has 1 fully saturated rings. The number of nitrogens with two attached hydrogens (primary N) is 1. The molecule has 0 spiro atoms. The molecular weight excluding hydrogens is 376 g/mol. The van der Waals surface area contributed by atoms with Gasteiger partial charge in [-0.1, -0.05) is 25.6 Å². The Kier molecular flexibility index (Phi) is 5.63. The summed E-state index contributed by atoms with van der Waals surface area (Å²) >= 11 is 0. The summed E-state index contributed by atoms with van der Waals surface area (Å²) < 4.78 is 7.90. The molecule has 30 heavy (non-hydrogen) atoms. The zero-order chi connectivity index (χ0) is 19.6. The Labute approximate surface area is 175 Å². The zero-order valence-corrected chi connectivity index (χ0v) is 16.0. The van der Waals surface area contributed by atoms with E-state index in [4.69, 9.17) is 15.6 Å². The number of nitrogen functional groups attached to an aromatic ring is 1. The fourth-order valence-electron chi connectivity index (χ4n) is 3.80. The van der Waals surface area contributed by atoms with E-state index in [0.29, 0.717) is 5.82 Å². The van der Waals surface area contributed by atoms with E-state index in [0.717, 1.165) is 59.7 Å². The van der Waals surface area contributed by atoms with Gasteiger partial charge >= 0.3 is 0 Å². The van der Waals surface area contributed by atoms with Gasteiger partial charge in [-0.2, -0.15) is 5.10 Å². The lowest BCUT2D eigenvalue weighted by molar-refractivity contribution is 0.354. The van der Waals surface area contributed by atoms with Crippen LogP contribution in [0.2, 0.25) is 0 Å². The molecule has 0 saturated carbocycles. The number of benzene rings is 2. The third kappa shape index (κ3) is 3.71. The lowest BCUT2D eigenvalue weighted by Crippen LogP contribution is -2.32. The number of hydrogen-bond donors (Lipinski definition) is 2. The maximum atomic E-state index is 6.22. The molecule has 2 aromatic heterocycles. The molecule has 7 nitrogen and oxygen atoms in total. The van der Waals surface area contributed by atoms with Crippen molar-refractivity contribution >= 4 is 16.9 Å². The predicted octanol–water partition coefficient (Wildman–Crippen LogP) is 4.43. The first kappa shape index (κ1) is 19.8. The summed E-state index contributed by atoms with van der Waals surface area (Å²) in [6, 6.07) is 17.9. The van der Waals surface area contributed by atoms with Crippen molar-refractivity contribution in [2.45, 2.75) is 26.3 Å². The van der Waals surface area contributed by atoms with Crippen molar-refractivity contribution in [1.82, 2.24) is 25.1 Å². The average Bonchev–Trinajstić information content (AvgIpc) is 3.17. The van der Waals surface area contributed by atoms with E-state index in [2.05, 4.69) is 15.3 Å². The van der Waals surface area contributed by atoms with E-state index in [9.17, 15) is 0 Å². The van der Waals surface area contributed by atoms with Crippen LogP contribution in [0.1, 0.15) is 26.3 Å². The third-order valence-corrected chi connectivity index (χ3v) is 5.24. The van der Waals surface area contributed by atoms with Gasteiger partial charge in [-0.05, 0) is 55.8 Å². The number of anilines is 1. The van der Waals surface area contributed by atoms with Crippen molar-refractivity contribution in [3.05, 3.63) is 60.9 Å². The van der Waals surface area contributed by atoms with Gasteiger partial charge in [0.15, 0.2) is 5.65 Å². The van der Waals surface area contributed by atoms with Crippen molar-refractivity contribution in [3.8, 4) is 22.8 Å². The standard InChI is InChI=1S/C22H22N6O.CH4/c23-21-19-20(15-8-10-18(11-9-15)29-17-6-2-1-3-7-17)27-28(22(19)26-14-25-21)16-5-4-12-24-13-16;/h1-3,6-11,14,16,24H,4-5,12-13H2,(H2,23,25,26);1H4/t16-;/m1./s1. The number of rotatable bonds is 4. The fourth-order valence-corrected chi connectivity index (χ4v) is 3.80. The van der Waals surface area contributed by atoms with Gasteiger partial charge in [-0.15, -0.1) is 0 Å². The highest BCUT2D eigenvalue weighted by Gasteiger charge is 2.23. The first-order valence-corrected chi connectivity index (χ1v) is 9.82. The van der Waals surface area contributed by atoms with Crippen LogP contribution in [0.5, 0.6) is 11.5 Å². The van der Waals surface area contributed by atoms with Crippen molar-refractivity contribution < 1.29 is 4.74 Å². The molecule has 7 heteroatoms. The van der Waals surface area contributed by atoms with Gasteiger partial charge in [0, 0.05) is 12.1 Å². The summed E-state index contributed by atoms with van der Waals surface area (Å²) in [5.41, 5.74) is 8.77. The van der Waals surface area contributed by atoms with E-state index < -0.39 is 0 Å². The number of aromatic nitrogens is 4.